The van der Waals surface area contributed by atoms with Crippen molar-refractivity contribution in [2.45, 2.75) is 25.3 Å². The van der Waals surface area contributed by atoms with E-state index in [1.165, 1.54) is 0 Å². The fourth-order valence-electron chi connectivity index (χ4n) is 4.10. The maximum Gasteiger partial charge on any atom is 0.224 e. The molecule has 0 radical (unpaired) electrons. The number of fused-ring (bicyclic) bond motifs is 1. The Morgan fingerprint density at radius 3 is 2.00 bits per heavy atom. The average molecular weight is 413 g/mol. The highest BCUT2D eigenvalue weighted by atomic mass is 16.3. The van der Waals surface area contributed by atoms with Crippen molar-refractivity contribution in [2.24, 2.45) is 5.92 Å². The minimum Gasteiger partial charge on any atom is -0.394 e. The molecule has 1 atom stereocenters. The Morgan fingerprint density at radius 1 is 0.806 bits per heavy atom. The van der Waals surface area contributed by atoms with Crippen molar-refractivity contribution in [3.8, 4) is 0 Å². The van der Waals surface area contributed by atoms with Crippen LogP contribution in [-0.2, 0) is 24.1 Å². The molecule has 4 heteroatoms. The van der Waals surface area contributed by atoms with Crippen LogP contribution in [0.15, 0.2) is 91.1 Å². The van der Waals surface area contributed by atoms with Crippen LogP contribution >= 0.6 is 0 Å². The number of carbonyl (C=O) groups is 1. The summed E-state index contributed by atoms with van der Waals surface area (Å²) in [6.07, 6.45) is 3.86. The Balaban J connectivity index is 1.49. The minimum absolute atomic E-state index is 0.0217. The molecule has 0 unspecified atom stereocenters. The number of H-pyrrole nitrogens is 1. The summed E-state index contributed by atoms with van der Waals surface area (Å²) in [5, 5.41) is 14.2. The molecule has 31 heavy (non-hydrogen) atoms. The average Bonchev–Trinajstić information content (AvgIpc) is 3.22. The molecule has 3 N–H and O–H groups in total. The van der Waals surface area contributed by atoms with Crippen LogP contribution in [0.25, 0.3) is 10.9 Å². The van der Waals surface area contributed by atoms with E-state index in [9.17, 15) is 9.90 Å². The molecule has 0 saturated carbocycles. The number of aromatic nitrogens is 1. The molecule has 0 spiro atoms. The van der Waals surface area contributed by atoms with Gasteiger partial charge in [-0.05, 0) is 42.0 Å². The van der Waals surface area contributed by atoms with Gasteiger partial charge in [-0.15, -0.1) is 0 Å². The number of benzene rings is 3. The number of hydrogen-bond acceptors (Lipinski definition) is 2. The van der Waals surface area contributed by atoms with Gasteiger partial charge in [-0.2, -0.15) is 0 Å². The number of aliphatic hydroxyl groups excluding tert-OH is 1. The molecule has 0 saturated heterocycles. The highest BCUT2D eigenvalue weighted by Gasteiger charge is 2.23. The van der Waals surface area contributed by atoms with Gasteiger partial charge >= 0.3 is 0 Å². The molecule has 0 fully saturated rings. The molecule has 158 valence electrons. The van der Waals surface area contributed by atoms with E-state index in [1.807, 2.05) is 60.8 Å². The topological polar surface area (TPSA) is 65.1 Å². The first-order valence-corrected chi connectivity index (χ1v) is 10.8. The molecule has 1 heterocycles. The maximum atomic E-state index is 13.3. The highest BCUT2D eigenvalue weighted by molar-refractivity contribution is 5.83. The largest absolute Gasteiger partial charge is 0.394 e. The quantitative estimate of drug-likeness (QED) is 0.384. The molecule has 0 aliphatic carbocycles. The third-order valence-electron chi connectivity index (χ3n) is 5.73. The first-order chi connectivity index (χ1) is 15.2. The Hall–Kier alpha value is -3.37. The van der Waals surface area contributed by atoms with E-state index in [4.69, 9.17) is 0 Å². The third-order valence-corrected chi connectivity index (χ3v) is 5.73. The molecule has 4 rings (SSSR count). The zero-order valence-corrected chi connectivity index (χ0v) is 17.5. The summed E-state index contributed by atoms with van der Waals surface area (Å²) in [6, 6.07) is 27.9. The van der Waals surface area contributed by atoms with E-state index < -0.39 is 0 Å². The lowest BCUT2D eigenvalue weighted by atomic mass is 9.91. The van der Waals surface area contributed by atoms with Gasteiger partial charge < -0.3 is 15.4 Å². The van der Waals surface area contributed by atoms with Gasteiger partial charge in [0.2, 0.25) is 5.91 Å². The molecule has 4 nitrogen and oxygen atoms in total. The highest BCUT2D eigenvalue weighted by Crippen LogP contribution is 2.20. The maximum absolute atomic E-state index is 13.3. The van der Waals surface area contributed by atoms with Crippen molar-refractivity contribution in [3.63, 3.8) is 0 Å². The molecule has 4 aromatic rings. The monoisotopic (exact) mass is 412 g/mol. The van der Waals surface area contributed by atoms with Gasteiger partial charge in [0.1, 0.15) is 0 Å². The van der Waals surface area contributed by atoms with E-state index in [0.717, 1.165) is 27.6 Å². The summed E-state index contributed by atoms with van der Waals surface area (Å²) in [5.74, 6) is -0.228. The number of para-hydroxylation sites is 1. The van der Waals surface area contributed by atoms with Crippen LogP contribution in [0.5, 0.6) is 0 Å². The lowest BCUT2D eigenvalue weighted by molar-refractivity contribution is -0.126. The van der Waals surface area contributed by atoms with E-state index in [1.54, 1.807) is 0 Å². The number of aliphatic hydroxyl groups is 1. The number of nitrogens with one attached hydrogen (secondary N) is 2. The zero-order valence-electron chi connectivity index (χ0n) is 17.5. The smallest absolute Gasteiger partial charge is 0.224 e. The van der Waals surface area contributed by atoms with Crippen molar-refractivity contribution in [1.82, 2.24) is 10.3 Å². The van der Waals surface area contributed by atoms with Gasteiger partial charge in [0.05, 0.1) is 12.6 Å². The van der Waals surface area contributed by atoms with E-state index >= 15 is 0 Å². The Kier molecular flexibility index (Phi) is 6.80. The fraction of sp³-hybridized carbons (Fsp3) is 0.222. The zero-order chi connectivity index (χ0) is 21.5. The lowest BCUT2D eigenvalue weighted by Crippen LogP contribution is -2.43. The Morgan fingerprint density at radius 2 is 1.39 bits per heavy atom. The standard InChI is InChI=1S/C27H28N2O2/c30-19-24(17-23-18-28-26-14-8-7-13-25(23)26)29-27(31)22(15-20-9-3-1-4-10-20)16-21-11-5-2-6-12-21/h1-14,18,22,24,28,30H,15-17,19H2,(H,29,31)/t24-/m0/s1. The summed E-state index contributed by atoms with van der Waals surface area (Å²) in [4.78, 5) is 16.5. The summed E-state index contributed by atoms with van der Waals surface area (Å²) < 4.78 is 0. The van der Waals surface area contributed by atoms with Gasteiger partial charge in [0.15, 0.2) is 0 Å². The molecule has 0 aliphatic heterocycles. The van der Waals surface area contributed by atoms with Gasteiger partial charge in [-0.25, -0.2) is 0 Å². The van der Waals surface area contributed by atoms with Gasteiger partial charge in [0, 0.05) is 23.0 Å². The van der Waals surface area contributed by atoms with E-state index in [0.29, 0.717) is 19.3 Å². The van der Waals surface area contributed by atoms with Gasteiger partial charge in [0.25, 0.3) is 0 Å². The van der Waals surface area contributed by atoms with Gasteiger partial charge in [-0.3, -0.25) is 4.79 Å². The first kappa shape index (κ1) is 20.9. The number of aromatic amines is 1. The fourth-order valence-corrected chi connectivity index (χ4v) is 4.10. The first-order valence-electron chi connectivity index (χ1n) is 10.8. The predicted octanol–water partition coefficient (Wildman–Crippen LogP) is 4.29. The van der Waals surface area contributed by atoms with Gasteiger partial charge in [-0.1, -0.05) is 78.9 Å². The second-order valence-electron chi connectivity index (χ2n) is 8.03. The number of carbonyl (C=O) groups excluding carboxylic acids is 1. The lowest BCUT2D eigenvalue weighted by Gasteiger charge is -2.22. The number of amides is 1. The van der Waals surface area contributed by atoms with Crippen LogP contribution in [-0.4, -0.2) is 28.6 Å². The van der Waals surface area contributed by atoms with Crippen LogP contribution in [0.2, 0.25) is 0 Å². The molecular formula is C27H28N2O2. The van der Waals surface area contributed by atoms with Crippen LogP contribution in [0.1, 0.15) is 16.7 Å². The van der Waals surface area contributed by atoms with Crippen molar-refractivity contribution in [3.05, 3.63) is 108 Å². The number of hydrogen-bond donors (Lipinski definition) is 3. The summed E-state index contributed by atoms with van der Waals surface area (Å²) in [7, 11) is 0. The van der Waals surface area contributed by atoms with Crippen molar-refractivity contribution < 1.29 is 9.90 Å². The predicted molar refractivity (Wildman–Crippen MR) is 125 cm³/mol. The van der Waals surface area contributed by atoms with Crippen molar-refractivity contribution >= 4 is 16.8 Å². The van der Waals surface area contributed by atoms with Crippen molar-refractivity contribution in [2.75, 3.05) is 6.61 Å². The minimum atomic E-state index is -0.333. The summed E-state index contributed by atoms with van der Waals surface area (Å²) in [6.45, 7) is -0.103. The Bertz CT molecular complexity index is 1060. The SMILES string of the molecule is O=C(N[C@H](CO)Cc1c[nH]c2ccccc12)C(Cc1ccccc1)Cc1ccccc1. The molecule has 0 aliphatic rings. The van der Waals surface area contributed by atoms with Crippen molar-refractivity contribution in [1.29, 1.82) is 0 Å². The molecule has 1 aromatic heterocycles. The molecule has 3 aromatic carbocycles. The molecule has 1 amide bonds. The van der Waals surface area contributed by atoms with E-state index in [2.05, 4.69) is 40.6 Å². The number of rotatable bonds is 9. The van der Waals surface area contributed by atoms with Crippen LogP contribution in [0.4, 0.5) is 0 Å². The summed E-state index contributed by atoms with van der Waals surface area (Å²) in [5.41, 5.74) is 4.43. The van der Waals surface area contributed by atoms with Crippen LogP contribution < -0.4 is 5.32 Å². The third kappa shape index (κ3) is 5.41. The normalized spacial score (nSPS) is 12.2. The molecule has 0 bridgehead atoms. The second-order valence-corrected chi connectivity index (χ2v) is 8.03. The molecular weight excluding hydrogens is 384 g/mol. The second kappa shape index (κ2) is 10.1. The summed E-state index contributed by atoms with van der Waals surface area (Å²) >= 11 is 0. The van der Waals surface area contributed by atoms with Crippen LogP contribution in [0, 0.1) is 5.92 Å². The Labute approximate surface area is 182 Å². The van der Waals surface area contributed by atoms with E-state index in [-0.39, 0.29) is 24.5 Å². The van der Waals surface area contributed by atoms with Crippen LogP contribution in [0.3, 0.4) is 0 Å².